The van der Waals surface area contributed by atoms with Gasteiger partial charge in [0.1, 0.15) is 6.61 Å². The molecule has 0 spiro atoms. The van der Waals surface area contributed by atoms with Gasteiger partial charge in [0.15, 0.2) is 6.10 Å². The van der Waals surface area contributed by atoms with Gasteiger partial charge in [-0.25, -0.2) is 4.57 Å². The van der Waals surface area contributed by atoms with Crippen LogP contribution in [0.15, 0.2) is 60.8 Å². The van der Waals surface area contributed by atoms with Gasteiger partial charge in [-0.3, -0.25) is 18.6 Å². The largest absolute Gasteiger partial charge is 0.472 e. The second-order valence-electron chi connectivity index (χ2n) is 26.2. The van der Waals surface area contributed by atoms with E-state index in [1.807, 2.05) is 0 Å². The minimum absolute atomic E-state index is 0.0546. The minimum Gasteiger partial charge on any atom is -0.462 e. The Balaban J connectivity index is 3.78. The fraction of sp³-hybridized carbons (Fsp3) is 0.848. The molecule has 2 unspecified atom stereocenters. The summed E-state index contributed by atoms with van der Waals surface area (Å²) in [5.74, 6) is -0.807. The van der Waals surface area contributed by atoms with Crippen LogP contribution < -0.4 is 5.73 Å². The van der Waals surface area contributed by atoms with E-state index in [0.29, 0.717) is 6.42 Å². The van der Waals surface area contributed by atoms with E-state index in [-0.39, 0.29) is 38.6 Å². The van der Waals surface area contributed by atoms with Gasteiger partial charge in [-0.1, -0.05) is 364 Å². The Bertz CT molecular complexity index is 1640. The van der Waals surface area contributed by atoms with Gasteiger partial charge < -0.3 is 20.1 Å². The van der Waals surface area contributed by atoms with E-state index >= 15 is 0 Å². The monoisotopic (exact) mass is 1270 g/mol. The fourth-order valence-electron chi connectivity index (χ4n) is 11.6. The summed E-state index contributed by atoms with van der Waals surface area (Å²) >= 11 is 0. The molecule has 10 heteroatoms. The number of phosphoric acid groups is 1. The molecule has 0 amide bonds. The molecule has 0 aliphatic rings. The number of carbonyl (C=O) groups excluding carboxylic acids is 2. The van der Waals surface area contributed by atoms with E-state index in [4.69, 9.17) is 24.3 Å². The maximum absolute atomic E-state index is 12.8. The van der Waals surface area contributed by atoms with Crippen LogP contribution in [0.3, 0.4) is 0 Å². The predicted octanol–water partition coefficient (Wildman–Crippen LogP) is 25.8. The van der Waals surface area contributed by atoms with Crippen molar-refractivity contribution < 1.29 is 37.6 Å². The molecule has 0 aromatic rings. The van der Waals surface area contributed by atoms with Crippen LogP contribution in [-0.2, 0) is 32.7 Å². The zero-order valence-electron chi connectivity index (χ0n) is 58.9. The molecule has 3 N–H and O–H groups in total. The van der Waals surface area contributed by atoms with Gasteiger partial charge in [0.25, 0.3) is 0 Å². The zero-order chi connectivity index (χ0) is 64.4. The standard InChI is InChI=1S/C79H148NO8P/c1-3-5-7-9-11-13-15-17-19-21-23-25-27-29-31-33-35-36-37-38-39-40-42-43-45-47-49-51-53-55-57-59-61-63-65-67-69-71-78(81)85-75-77(76-87-89(83,84)86-74-73-80)88-79(82)72-70-68-66-64-62-60-58-56-54-52-50-48-46-44-41-34-32-30-28-26-24-22-20-18-16-14-12-10-8-6-4-2/h15-18,21-24,28,30,77H,3-14,19-20,25-27,29,31-76,80H2,1-2H3,(H,83,84)/b17-15-,18-16-,23-21-,24-22-,30-28-. The molecule has 0 fully saturated rings. The number of phosphoric ester groups is 1. The summed E-state index contributed by atoms with van der Waals surface area (Å²) in [7, 11) is -4.39. The molecule has 0 bridgehead atoms. The predicted molar refractivity (Wildman–Crippen MR) is 386 cm³/mol. The molecule has 0 saturated carbocycles. The first-order valence-corrected chi connectivity index (χ1v) is 40.3. The number of nitrogens with two attached hydrogens (primary N) is 1. The summed E-state index contributed by atoms with van der Waals surface area (Å²) in [6.45, 7) is 3.79. The average molecular weight is 1270 g/mol. The number of rotatable bonds is 74. The zero-order valence-corrected chi connectivity index (χ0v) is 59.8. The number of esters is 2. The lowest BCUT2D eigenvalue weighted by atomic mass is 10.0. The third-order valence-corrected chi connectivity index (χ3v) is 18.4. The Morgan fingerprint density at radius 3 is 0.865 bits per heavy atom. The molecule has 9 nitrogen and oxygen atoms in total. The van der Waals surface area contributed by atoms with Crippen molar-refractivity contribution in [3.63, 3.8) is 0 Å². The summed E-state index contributed by atoms with van der Waals surface area (Å²) in [6.07, 6.45) is 97.8. The summed E-state index contributed by atoms with van der Waals surface area (Å²) in [5, 5.41) is 0. The van der Waals surface area contributed by atoms with E-state index < -0.39 is 26.5 Å². The molecule has 0 aromatic carbocycles. The number of carbonyl (C=O) groups is 2. The fourth-order valence-corrected chi connectivity index (χ4v) is 12.4. The van der Waals surface area contributed by atoms with Crippen molar-refractivity contribution in [2.45, 2.75) is 405 Å². The van der Waals surface area contributed by atoms with E-state index in [2.05, 4.69) is 74.6 Å². The van der Waals surface area contributed by atoms with Crippen molar-refractivity contribution in [2.75, 3.05) is 26.4 Å². The topological polar surface area (TPSA) is 134 Å². The van der Waals surface area contributed by atoms with Crippen LogP contribution in [0.5, 0.6) is 0 Å². The van der Waals surface area contributed by atoms with Gasteiger partial charge >= 0.3 is 19.8 Å². The van der Waals surface area contributed by atoms with Crippen LogP contribution in [0.1, 0.15) is 399 Å². The highest BCUT2D eigenvalue weighted by Crippen LogP contribution is 2.43. The first kappa shape index (κ1) is 86.7. The van der Waals surface area contributed by atoms with Gasteiger partial charge in [0.2, 0.25) is 0 Å². The summed E-state index contributed by atoms with van der Waals surface area (Å²) in [6, 6.07) is 0. The van der Waals surface area contributed by atoms with Crippen LogP contribution >= 0.6 is 7.82 Å². The summed E-state index contributed by atoms with van der Waals surface area (Å²) in [5.41, 5.74) is 5.41. The SMILES string of the molecule is CCCCCCC/C=C\C/C=C\C/C=C\CCCCCCCCCCCCCCCCCCC(=O)OC(COC(=O)CCCCCCCCCCCCCCCCCCCCCCCCCCC/C=C\C/C=C\CCCCCCC)COP(=O)(O)OCCN. The normalized spacial score (nSPS) is 13.2. The maximum atomic E-state index is 12.8. The number of hydrogen-bond acceptors (Lipinski definition) is 8. The second kappa shape index (κ2) is 74.7. The summed E-state index contributed by atoms with van der Waals surface area (Å²) in [4.78, 5) is 35.4. The molecule has 522 valence electrons. The van der Waals surface area contributed by atoms with Crippen molar-refractivity contribution in [1.82, 2.24) is 0 Å². The second-order valence-corrected chi connectivity index (χ2v) is 27.7. The Labute approximate surface area is 552 Å². The summed E-state index contributed by atoms with van der Waals surface area (Å²) < 4.78 is 33.3. The third-order valence-electron chi connectivity index (χ3n) is 17.4. The van der Waals surface area contributed by atoms with Crippen molar-refractivity contribution in [2.24, 2.45) is 5.73 Å². The van der Waals surface area contributed by atoms with Gasteiger partial charge in [0, 0.05) is 19.4 Å². The number of hydrogen-bond donors (Lipinski definition) is 2. The Hall–Kier alpha value is -2.29. The van der Waals surface area contributed by atoms with Gasteiger partial charge in [-0.2, -0.15) is 0 Å². The van der Waals surface area contributed by atoms with Gasteiger partial charge in [-0.15, -0.1) is 0 Å². The maximum Gasteiger partial charge on any atom is 0.472 e. The first-order chi connectivity index (χ1) is 43.8. The van der Waals surface area contributed by atoms with Crippen molar-refractivity contribution in [3.8, 4) is 0 Å². The van der Waals surface area contributed by atoms with Crippen LogP contribution in [-0.4, -0.2) is 49.3 Å². The minimum atomic E-state index is -4.39. The first-order valence-electron chi connectivity index (χ1n) is 38.8. The van der Waals surface area contributed by atoms with Crippen molar-refractivity contribution >= 4 is 19.8 Å². The molecule has 0 aliphatic carbocycles. The highest BCUT2D eigenvalue weighted by Gasteiger charge is 2.26. The average Bonchev–Trinajstić information content (AvgIpc) is 3.68. The van der Waals surface area contributed by atoms with Crippen LogP contribution in [0, 0.1) is 0 Å². The van der Waals surface area contributed by atoms with E-state index in [9.17, 15) is 19.0 Å². The highest BCUT2D eigenvalue weighted by molar-refractivity contribution is 7.47. The Morgan fingerprint density at radius 1 is 0.337 bits per heavy atom. The molecule has 0 radical (unpaired) electrons. The molecular weight excluding hydrogens is 1120 g/mol. The van der Waals surface area contributed by atoms with Crippen LogP contribution in [0.25, 0.3) is 0 Å². The Kier molecular flexibility index (Phi) is 72.8. The van der Waals surface area contributed by atoms with Crippen LogP contribution in [0.4, 0.5) is 0 Å². The smallest absolute Gasteiger partial charge is 0.462 e. The molecular formula is C79H148NO8P. The lowest BCUT2D eigenvalue weighted by Crippen LogP contribution is -2.29. The van der Waals surface area contributed by atoms with Crippen molar-refractivity contribution in [1.29, 1.82) is 0 Å². The molecule has 0 saturated heterocycles. The quantitative estimate of drug-likeness (QED) is 0.0264. The lowest BCUT2D eigenvalue weighted by molar-refractivity contribution is -0.161. The number of allylic oxidation sites excluding steroid dienone is 10. The molecule has 0 aromatic heterocycles. The van der Waals surface area contributed by atoms with E-state index in [1.54, 1.807) is 0 Å². The lowest BCUT2D eigenvalue weighted by Gasteiger charge is -2.19. The highest BCUT2D eigenvalue weighted by atomic mass is 31.2. The number of ether oxygens (including phenoxy) is 2. The van der Waals surface area contributed by atoms with E-state index in [1.165, 1.54) is 315 Å². The van der Waals surface area contributed by atoms with Gasteiger partial charge in [0.05, 0.1) is 13.2 Å². The molecule has 0 rings (SSSR count). The molecule has 0 heterocycles. The van der Waals surface area contributed by atoms with Crippen molar-refractivity contribution in [3.05, 3.63) is 60.8 Å². The van der Waals surface area contributed by atoms with Crippen LogP contribution in [0.2, 0.25) is 0 Å². The molecule has 0 aliphatic heterocycles. The number of unbranched alkanes of at least 4 members (excludes halogenated alkanes) is 51. The molecule has 89 heavy (non-hydrogen) atoms. The molecule has 2 atom stereocenters. The Morgan fingerprint density at radius 2 is 0.584 bits per heavy atom. The van der Waals surface area contributed by atoms with Gasteiger partial charge in [-0.05, 0) is 83.5 Å². The van der Waals surface area contributed by atoms with E-state index in [0.717, 1.165) is 51.4 Å². The third kappa shape index (κ3) is 74.6.